The topological polar surface area (TPSA) is 85.0 Å². The fourth-order valence-corrected chi connectivity index (χ4v) is 3.69. The molecule has 2 N–H and O–H groups in total. The van der Waals surface area contributed by atoms with E-state index in [9.17, 15) is 9.59 Å². The molecule has 0 radical (unpaired) electrons. The summed E-state index contributed by atoms with van der Waals surface area (Å²) in [5, 5.41) is 3.67. The van der Waals surface area contributed by atoms with Gasteiger partial charge in [0.05, 0.1) is 6.54 Å². The minimum Gasteiger partial charge on any atom is -0.383 e. The van der Waals surface area contributed by atoms with Crippen LogP contribution < -0.4 is 5.73 Å². The van der Waals surface area contributed by atoms with Gasteiger partial charge in [0.1, 0.15) is 5.41 Å². The second-order valence-electron chi connectivity index (χ2n) is 6.69. The molecular formula is C14H23N3O3. The number of hydrogen-bond donors (Lipinski definition) is 1. The van der Waals surface area contributed by atoms with Gasteiger partial charge < -0.3 is 15.5 Å². The van der Waals surface area contributed by atoms with Crippen molar-refractivity contribution in [1.82, 2.24) is 4.90 Å². The third kappa shape index (κ3) is 2.02. The molecule has 2 bridgehead atoms. The molecule has 0 aromatic heterocycles. The van der Waals surface area contributed by atoms with Crippen molar-refractivity contribution in [2.75, 3.05) is 20.6 Å². The third-order valence-corrected chi connectivity index (χ3v) is 4.97. The van der Waals surface area contributed by atoms with Gasteiger partial charge in [0.25, 0.3) is 0 Å². The van der Waals surface area contributed by atoms with E-state index in [1.807, 2.05) is 32.8 Å². The van der Waals surface area contributed by atoms with Crippen LogP contribution in [0, 0.1) is 16.7 Å². The first-order chi connectivity index (χ1) is 9.21. The van der Waals surface area contributed by atoms with Crippen molar-refractivity contribution in [3.05, 3.63) is 0 Å². The summed E-state index contributed by atoms with van der Waals surface area (Å²) < 4.78 is 0. The second kappa shape index (κ2) is 4.84. The van der Waals surface area contributed by atoms with Crippen molar-refractivity contribution >= 4 is 17.6 Å². The Hall–Kier alpha value is -1.43. The van der Waals surface area contributed by atoms with Gasteiger partial charge in [-0.3, -0.25) is 4.79 Å². The largest absolute Gasteiger partial charge is 0.383 e. The lowest BCUT2D eigenvalue weighted by molar-refractivity contribution is -0.164. The Bertz CT molecular complexity index is 470. The summed E-state index contributed by atoms with van der Waals surface area (Å²) in [6.45, 7) is 4.35. The molecule has 0 aromatic rings. The summed E-state index contributed by atoms with van der Waals surface area (Å²) in [4.78, 5) is 31.5. The van der Waals surface area contributed by atoms with E-state index in [1.54, 1.807) is 0 Å². The third-order valence-electron chi connectivity index (χ3n) is 4.97. The predicted molar refractivity (Wildman–Crippen MR) is 74.8 cm³/mol. The molecule has 2 aliphatic rings. The predicted octanol–water partition coefficient (Wildman–Crippen LogP) is 0.759. The van der Waals surface area contributed by atoms with Crippen LogP contribution in [0.25, 0.3) is 0 Å². The molecule has 2 atom stereocenters. The van der Waals surface area contributed by atoms with Crippen LogP contribution in [0.2, 0.25) is 0 Å². The number of rotatable bonds is 4. The second-order valence-corrected chi connectivity index (χ2v) is 6.69. The number of amidine groups is 1. The van der Waals surface area contributed by atoms with Crippen LogP contribution >= 0.6 is 0 Å². The number of carbonyl (C=O) groups excluding carboxylic acids is 2. The number of carbonyl (C=O) groups is 2. The normalized spacial score (nSPS) is 31.9. The Kier molecular flexibility index (Phi) is 3.62. The highest BCUT2D eigenvalue weighted by atomic mass is 16.7. The molecule has 2 rings (SSSR count). The zero-order chi connectivity index (χ0) is 15.1. The maximum atomic E-state index is 12.4. The van der Waals surface area contributed by atoms with E-state index >= 15 is 0 Å². The Morgan fingerprint density at radius 2 is 2.15 bits per heavy atom. The fourth-order valence-electron chi connectivity index (χ4n) is 3.69. The van der Waals surface area contributed by atoms with Gasteiger partial charge in [0, 0.05) is 6.42 Å². The number of ketones is 1. The zero-order valence-corrected chi connectivity index (χ0v) is 12.6. The average molecular weight is 281 g/mol. The van der Waals surface area contributed by atoms with Gasteiger partial charge in [-0.1, -0.05) is 19.0 Å². The number of fused-ring (bicyclic) bond motifs is 2. The Morgan fingerprint density at radius 1 is 1.50 bits per heavy atom. The van der Waals surface area contributed by atoms with Crippen LogP contribution in [0.4, 0.5) is 0 Å². The Morgan fingerprint density at radius 3 is 2.60 bits per heavy atom. The molecule has 2 aliphatic carbocycles. The van der Waals surface area contributed by atoms with E-state index in [0.717, 1.165) is 6.42 Å². The maximum absolute atomic E-state index is 12.4. The van der Waals surface area contributed by atoms with Crippen LogP contribution in [0.1, 0.15) is 33.1 Å². The fraction of sp³-hybridized carbons (Fsp3) is 0.786. The molecule has 2 fully saturated rings. The van der Waals surface area contributed by atoms with Gasteiger partial charge in [-0.15, -0.1) is 0 Å². The summed E-state index contributed by atoms with van der Waals surface area (Å²) in [5.41, 5.74) is 4.28. The SMILES string of the molecule is CN(C)C/C(N)=N/OC(=O)[C@]12CC[C@H](CC1=O)C2(C)C. The highest BCUT2D eigenvalue weighted by Gasteiger charge is 2.69. The standard InChI is InChI=1S/C14H23N3O3/c1-13(2)9-5-6-14(13,10(18)7-9)12(19)20-16-11(15)8-17(3)4/h9H,5-8H2,1-4H3,(H2,15,16)/t9-,14+/m1/s1. The van der Waals surface area contributed by atoms with Gasteiger partial charge >= 0.3 is 5.97 Å². The first-order valence-corrected chi connectivity index (χ1v) is 6.93. The van der Waals surface area contributed by atoms with Crippen molar-refractivity contribution in [3.8, 4) is 0 Å². The Balaban J connectivity index is 2.15. The summed E-state index contributed by atoms with van der Waals surface area (Å²) in [5.74, 6) is -0.0671. The number of nitrogens with two attached hydrogens (primary N) is 1. The average Bonchev–Trinajstić information content (AvgIpc) is 2.69. The molecular weight excluding hydrogens is 258 g/mol. The summed E-state index contributed by atoms with van der Waals surface area (Å²) in [6, 6.07) is 0. The van der Waals surface area contributed by atoms with Crippen LogP contribution in [0.3, 0.4) is 0 Å². The molecule has 0 aromatic carbocycles. The zero-order valence-electron chi connectivity index (χ0n) is 12.6. The highest BCUT2D eigenvalue weighted by molar-refractivity contribution is 6.07. The molecule has 20 heavy (non-hydrogen) atoms. The number of oxime groups is 1. The van der Waals surface area contributed by atoms with Crippen molar-refractivity contribution in [1.29, 1.82) is 0 Å². The quantitative estimate of drug-likeness (QED) is 0.270. The summed E-state index contributed by atoms with van der Waals surface area (Å²) in [7, 11) is 3.68. The molecule has 0 saturated heterocycles. The van der Waals surface area contributed by atoms with Gasteiger partial charge in [-0.2, -0.15) is 0 Å². The summed E-state index contributed by atoms with van der Waals surface area (Å²) in [6.07, 6.45) is 1.93. The Labute approximate surface area is 119 Å². The molecule has 0 aliphatic heterocycles. The molecule has 2 saturated carbocycles. The van der Waals surface area contributed by atoms with E-state index in [1.165, 1.54) is 0 Å². The molecule has 0 spiro atoms. The first kappa shape index (κ1) is 15.0. The number of likely N-dealkylation sites (N-methyl/N-ethyl adjacent to an activating group) is 1. The van der Waals surface area contributed by atoms with Gasteiger partial charge in [0.2, 0.25) is 0 Å². The van der Waals surface area contributed by atoms with Crippen LogP contribution in [-0.4, -0.2) is 43.1 Å². The molecule has 0 amide bonds. The van der Waals surface area contributed by atoms with Crippen molar-refractivity contribution < 1.29 is 14.4 Å². The number of hydrogen-bond acceptors (Lipinski definition) is 5. The van der Waals surface area contributed by atoms with Crippen molar-refractivity contribution in [2.45, 2.75) is 33.1 Å². The van der Waals surface area contributed by atoms with E-state index in [0.29, 0.717) is 19.4 Å². The lowest BCUT2D eigenvalue weighted by atomic mass is 9.69. The van der Waals surface area contributed by atoms with E-state index in [2.05, 4.69) is 5.16 Å². The van der Waals surface area contributed by atoms with Gasteiger partial charge in [-0.25, -0.2) is 4.79 Å². The van der Waals surface area contributed by atoms with Crippen LogP contribution in [-0.2, 0) is 14.4 Å². The summed E-state index contributed by atoms with van der Waals surface area (Å²) >= 11 is 0. The van der Waals surface area contributed by atoms with Gasteiger partial charge in [-0.05, 0) is 38.3 Å². The van der Waals surface area contributed by atoms with E-state index in [4.69, 9.17) is 10.6 Å². The van der Waals surface area contributed by atoms with Crippen LogP contribution in [0.15, 0.2) is 5.16 Å². The molecule has 6 nitrogen and oxygen atoms in total. The van der Waals surface area contributed by atoms with Crippen LogP contribution in [0.5, 0.6) is 0 Å². The number of Topliss-reactive ketones (excluding diaryl/α,β-unsaturated/α-hetero) is 1. The minimum atomic E-state index is -1.03. The first-order valence-electron chi connectivity index (χ1n) is 6.93. The molecule has 0 unspecified atom stereocenters. The number of nitrogens with zero attached hydrogens (tertiary/aromatic N) is 2. The van der Waals surface area contributed by atoms with E-state index < -0.39 is 11.4 Å². The van der Waals surface area contributed by atoms with Crippen molar-refractivity contribution in [2.24, 2.45) is 27.6 Å². The highest BCUT2D eigenvalue weighted by Crippen LogP contribution is 2.64. The molecule has 0 heterocycles. The van der Waals surface area contributed by atoms with Gasteiger partial charge in [0.15, 0.2) is 11.6 Å². The molecule has 112 valence electrons. The monoisotopic (exact) mass is 281 g/mol. The van der Waals surface area contributed by atoms with E-state index in [-0.39, 0.29) is 23.0 Å². The minimum absolute atomic E-state index is 0.00914. The van der Waals surface area contributed by atoms with Crippen molar-refractivity contribution in [3.63, 3.8) is 0 Å². The lowest BCUT2D eigenvalue weighted by Gasteiger charge is -2.32. The lowest BCUT2D eigenvalue weighted by Crippen LogP contribution is -2.44. The maximum Gasteiger partial charge on any atom is 0.349 e. The molecule has 6 heteroatoms. The smallest absolute Gasteiger partial charge is 0.349 e.